The van der Waals surface area contributed by atoms with Crippen LogP contribution in [0.15, 0.2) is 41.4 Å². The SMILES string of the molecule is CC(C)(C)OC(=O)N1CCC2(CC1)C(N)=CS(=O)(=O)N2Cc1ccccc1. The maximum atomic E-state index is 12.7. The Kier molecular flexibility index (Phi) is 4.98. The number of rotatable bonds is 2. The third-order valence-electron chi connectivity index (χ3n) is 5.01. The normalized spacial score (nSPS) is 21.9. The number of nitrogens with two attached hydrogens (primary N) is 1. The Labute approximate surface area is 160 Å². The van der Waals surface area contributed by atoms with Gasteiger partial charge in [0, 0.05) is 25.3 Å². The van der Waals surface area contributed by atoms with E-state index in [0.717, 1.165) is 5.56 Å². The van der Waals surface area contributed by atoms with Gasteiger partial charge in [0.15, 0.2) is 0 Å². The van der Waals surface area contributed by atoms with Gasteiger partial charge in [-0.2, -0.15) is 4.31 Å². The molecule has 7 nitrogen and oxygen atoms in total. The molecule has 2 heterocycles. The standard InChI is InChI=1S/C19H27N3O4S/c1-18(2,3)26-17(23)21-11-9-19(10-12-21)16(20)14-27(24,25)22(19)13-15-7-5-4-6-8-15/h4-8,14H,9-13,20H2,1-3H3. The molecule has 1 amide bonds. The van der Waals surface area contributed by atoms with E-state index in [9.17, 15) is 13.2 Å². The van der Waals surface area contributed by atoms with Gasteiger partial charge in [-0.05, 0) is 39.2 Å². The van der Waals surface area contributed by atoms with Crippen LogP contribution in [0.2, 0.25) is 0 Å². The summed E-state index contributed by atoms with van der Waals surface area (Å²) in [5, 5.41) is 1.17. The Bertz CT molecular complexity index is 835. The van der Waals surface area contributed by atoms with E-state index in [1.54, 1.807) is 4.90 Å². The number of benzene rings is 1. The number of amides is 1. The van der Waals surface area contributed by atoms with Crippen LogP contribution in [0.4, 0.5) is 4.79 Å². The number of carbonyl (C=O) groups excluding carboxylic acids is 1. The minimum Gasteiger partial charge on any atom is -0.444 e. The molecule has 27 heavy (non-hydrogen) atoms. The van der Waals surface area contributed by atoms with Gasteiger partial charge in [-0.15, -0.1) is 0 Å². The van der Waals surface area contributed by atoms with Crippen molar-refractivity contribution in [1.82, 2.24) is 9.21 Å². The summed E-state index contributed by atoms with van der Waals surface area (Å²) >= 11 is 0. The van der Waals surface area contributed by atoms with Gasteiger partial charge in [0.05, 0.1) is 10.9 Å². The lowest BCUT2D eigenvalue weighted by Gasteiger charge is -2.44. The highest BCUT2D eigenvalue weighted by Gasteiger charge is 2.52. The van der Waals surface area contributed by atoms with E-state index in [2.05, 4.69) is 0 Å². The van der Waals surface area contributed by atoms with Crippen LogP contribution in [0.3, 0.4) is 0 Å². The van der Waals surface area contributed by atoms with E-state index in [1.165, 1.54) is 9.71 Å². The lowest BCUT2D eigenvalue weighted by molar-refractivity contribution is 0.0119. The fourth-order valence-corrected chi connectivity index (χ4v) is 5.41. The van der Waals surface area contributed by atoms with Crippen LogP contribution in [0.5, 0.6) is 0 Å². The Hall–Kier alpha value is -2.06. The average molecular weight is 394 g/mol. The second kappa shape index (κ2) is 6.83. The first kappa shape index (κ1) is 19.7. The molecular formula is C19H27N3O4S. The van der Waals surface area contributed by atoms with Crippen molar-refractivity contribution >= 4 is 16.1 Å². The molecule has 0 bridgehead atoms. The molecule has 0 unspecified atom stereocenters. The second-order valence-electron chi connectivity index (χ2n) is 8.11. The van der Waals surface area contributed by atoms with Crippen LogP contribution in [-0.2, 0) is 21.3 Å². The predicted molar refractivity (Wildman–Crippen MR) is 103 cm³/mol. The summed E-state index contributed by atoms with van der Waals surface area (Å²) in [5.41, 5.74) is 6.09. The highest BCUT2D eigenvalue weighted by molar-refractivity contribution is 7.92. The van der Waals surface area contributed by atoms with Gasteiger partial charge in [0.2, 0.25) is 10.0 Å². The lowest BCUT2D eigenvalue weighted by atomic mass is 9.84. The fraction of sp³-hybridized carbons (Fsp3) is 0.526. The number of sulfonamides is 1. The van der Waals surface area contributed by atoms with Gasteiger partial charge in [0.25, 0.3) is 0 Å². The summed E-state index contributed by atoms with van der Waals surface area (Å²) in [4.78, 5) is 13.9. The number of hydrogen-bond donors (Lipinski definition) is 1. The molecule has 0 aliphatic carbocycles. The molecule has 0 atom stereocenters. The van der Waals surface area contributed by atoms with Crippen LogP contribution in [-0.4, -0.2) is 47.9 Å². The van der Waals surface area contributed by atoms with Crippen LogP contribution >= 0.6 is 0 Å². The maximum absolute atomic E-state index is 12.7. The highest BCUT2D eigenvalue weighted by atomic mass is 32.2. The topological polar surface area (TPSA) is 92.9 Å². The molecule has 148 valence electrons. The van der Waals surface area contributed by atoms with E-state index in [4.69, 9.17) is 10.5 Å². The van der Waals surface area contributed by atoms with Gasteiger partial charge in [-0.25, -0.2) is 13.2 Å². The Morgan fingerprint density at radius 3 is 2.33 bits per heavy atom. The van der Waals surface area contributed by atoms with E-state index >= 15 is 0 Å². The first-order valence-corrected chi connectivity index (χ1v) is 10.6. The summed E-state index contributed by atoms with van der Waals surface area (Å²) in [7, 11) is -3.60. The quantitative estimate of drug-likeness (QED) is 0.833. The number of hydrogen-bond acceptors (Lipinski definition) is 5. The van der Waals surface area contributed by atoms with Crippen molar-refractivity contribution in [3.8, 4) is 0 Å². The van der Waals surface area contributed by atoms with Crippen molar-refractivity contribution < 1.29 is 17.9 Å². The molecule has 0 radical (unpaired) electrons. The first-order valence-electron chi connectivity index (χ1n) is 9.06. The molecule has 1 saturated heterocycles. The van der Waals surface area contributed by atoms with Gasteiger partial charge < -0.3 is 15.4 Å². The molecule has 0 aromatic heterocycles. The van der Waals surface area contributed by atoms with Crippen molar-refractivity contribution in [3.05, 3.63) is 47.0 Å². The first-order chi connectivity index (χ1) is 12.5. The molecule has 1 aromatic rings. The molecule has 3 rings (SSSR count). The summed E-state index contributed by atoms with van der Waals surface area (Å²) in [6.07, 6.45) is 0.511. The third-order valence-corrected chi connectivity index (χ3v) is 6.65. The zero-order valence-corrected chi connectivity index (χ0v) is 16.8. The molecule has 8 heteroatoms. The molecule has 1 aromatic carbocycles. The van der Waals surface area contributed by atoms with Crippen LogP contribution in [0.1, 0.15) is 39.2 Å². The van der Waals surface area contributed by atoms with Crippen molar-refractivity contribution in [1.29, 1.82) is 0 Å². The number of nitrogens with zero attached hydrogens (tertiary/aromatic N) is 2. The van der Waals surface area contributed by atoms with Gasteiger partial charge >= 0.3 is 6.09 Å². The number of likely N-dealkylation sites (tertiary alicyclic amines) is 1. The second-order valence-corrected chi connectivity index (χ2v) is 9.82. The monoisotopic (exact) mass is 393 g/mol. The zero-order chi connectivity index (χ0) is 19.9. The van der Waals surface area contributed by atoms with Gasteiger partial charge in [-0.1, -0.05) is 30.3 Å². The molecule has 2 aliphatic rings. The number of carbonyl (C=O) groups is 1. The van der Waals surface area contributed by atoms with Crippen molar-refractivity contribution in [2.45, 2.75) is 51.3 Å². The average Bonchev–Trinajstić information content (AvgIpc) is 2.75. The van der Waals surface area contributed by atoms with E-state index in [1.807, 2.05) is 51.1 Å². The lowest BCUT2D eigenvalue weighted by Crippen LogP contribution is -2.57. The largest absolute Gasteiger partial charge is 0.444 e. The van der Waals surface area contributed by atoms with Crippen molar-refractivity contribution in [2.24, 2.45) is 5.73 Å². The molecular weight excluding hydrogens is 366 g/mol. The highest BCUT2D eigenvalue weighted by Crippen LogP contribution is 2.42. The minimum atomic E-state index is -3.60. The minimum absolute atomic E-state index is 0.257. The van der Waals surface area contributed by atoms with E-state index in [0.29, 0.717) is 31.6 Å². The number of ether oxygens (including phenoxy) is 1. The zero-order valence-electron chi connectivity index (χ0n) is 16.0. The van der Waals surface area contributed by atoms with Crippen molar-refractivity contribution in [3.63, 3.8) is 0 Å². The summed E-state index contributed by atoms with van der Waals surface area (Å²) in [5.74, 6) is 0. The molecule has 1 fully saturated rings. The van der Waals surface area contributed by atoms with Crippen molar-refractivity contribution in [2.75, 3.05) is 13.1 Å². The Balaban J connectivity index is 1.79. The Morgan fingerprint density at radius 1 is 1.19 bits per heavy atom. The van der Waals surface area contributed by atoms with Crippen LogP contribution < -0.4 is 5.73 Å². The smallest absolute Gasteiger partial charge is 0.410 e. The van der Waals surface area contributed by atoms with Gasteiger partial charge in [0.1, 0.15) is 5.60 Å². The molecule has 0 saturated carbocycles. The van der Waals surface area contributed by atoms with E-state index in [-0.39, 0.29) is 12.6 Å². The summed E-state index contributed by atoms with van der Waals surface area (Å²) in [6, 6.07) is 9.45. The Morgan fingerprint density at radius 2 is 1.78 bits per heavy atom. The fourth-order valence-electron chi connectivity index (χ4n) is 3.64. The molecule has 2 aliphatic heterocycles. The summed E-state index contributed by atoms with van der Waals surface area (Å²) in [6.45, 7) is 6.51. The van der Waals surface area contributed by atoms with Crippen LogP contribution in [0.25, 0.3) is 0 Å². The third kappa shape index (κ3) is 3.96. The molecule has 1 spiro atoms. The predicted octanol–water partition coefficient (Wildman–Crippen LogP) is 2.40. The van der Waals surface area contributed by atoms with Gasteiger partial charge in [-0.3, -0.25) is 0 Å². The molecule has 2 N–H and O–H groups in total. The number of piperidine rings is 1. The maximum Gasteiger partial charge on any atom is 0.410 e. The van der Waals surface area contributed by atoms with E-state index < -0.39 is 21.2 Å². The van der Waals surface area contributed by atoms with Crippen LogP contribution in [0, 0.1) is 0 Å². The summed E-state index contributed by atoms with van der Waals surface area (Å²) < 4.78 is 32.3.